The molecule has 9 heteroatoms. The lowest BCUT2D eigenvalue weighted by molar-refractivity contribution is -0.384. The summed E-state index contributed by atoms with van der Waals surface area (Å²) in [4.78, 5) is 19.5. The summed E-state index contributed by atoms with van der Waals surface area (Å²) in [6.07, 6.45) is 0. The number of aromatic nitrogens is 2. The van der Waals surface area contributed by atoms with E-state index in [4.69, 9.17) is 27.6 Å². The van der Waals surface area contributed by atoms with Gasteiger partial charge >= 0.3 is 0 Å². The molecule has 0 radical (unpaired) electrons. The zero-order valence-electron chi connectivity index (χ0n) is 18.6. The normalized spacial score (nSPS) is 12.1. The lowest BCUT2D eigenvalue weighted by Gasteiger charge is -2.36. The van der Waals surface area contributed by atoms with Crippen LogP contribution in [0.3, 0.4) is 0 Å². The number of hydrogen-bond donors (Lipinski definition) is 0. The predicted octanol–water partition coefficient (Wildman–Crippen LogP) is 7.55. The molecule has 0 aliphatic carbocycles. The van der Waals surface area contributed by atoms with Crippen molar-refractivity contribution < 1.29 is 9.35 Å². The van der Waals surface area contributed by atoms with Crippen LogP contribution in [0.25, 0.3) is 22.6 Å². The van der Waals surface area contributed by atoms with Crippen LogP contribution in [0.15, 0.2) is 48.5 Å². The summed E-state index contributed by atoms with van der Waals surface area (Å²) in [5, 5.41) is 12.1. The first-order valence-corrected chi connectivity index (χ1v) is 13.8. The van der Waals surface area contributed by atoms with Gasteiger partial charge in [-0.3, -0.25) is 10.1 Å². The lowest BCUT2D eigenvalue weighted by atomic mass is 10.1. The van der Waals surface area contributed by atoms with Crippen molar-refractivity contribution in [3.05, 3.63) is 74.4 Å². The number of halogens is 2. The summed E-state index contributed by atoms with van der Waals surface area (Å²) in [7, 11) is -1.94. The molecule has 0 spiro atoms. The number of nitro groups is 1. The minimum atomic E-state index is -1.94. The van der Waals surface area contributed by atoms with Gasteiger partial charge in [-0.2, -0.15) is 0 Å². The van der Waals surface area contributed by atoms with E-state index >= 15 is 0 Å². The van der Waals surface area contributed by atoms with Crippen molar-refractivity contribution in [3.8, 4) is 22.6 Å². The van der Waals surface area contributed by atoms with Gasteiger partial charge in [-0.25, -0.2) is 9.97 Å². The van der Waals surface area contributed by atoms with Gasteiger partial charge < -0.3 is 4.43 Å². The highest BCUT2D eigenvalue weighted by Crippen LogP contribution is 2.38. The number of nitro benzene ring substituents is 1. The van der Waals surface area contributed by atoms with Crippen molar-refractivity contribution in [3.63, 3.8) is 0 Å². The summed E-state index contributed by atoms with van der Waals surface area (Å²) in [6.45, 7) is 11.4. The summed E-state index contributed by atoms with van der Waals surface area (Å²) < 4.78 is 6.34. The molecule has 0 aliphatic heterocycles. The molecule has 3 rings (SSSR count). The van der Waals surface area contributed by atoms with E-state index in [1.165, 1.54) is 12.1 Å². The minimum absolute atomic E-state index is 0.0378. The van der Waals surface area contributed by atoms with Gasteiger partial charge in [-0.1, -0.05) is 62.2 Å². The molecule has 168 valence electrons. The van der Waals surface area contributed by atoms with Crippen molar-refractivity contribution in [2.75, 3.05) is 0 Å². The molecule has 0 amide bonds. The Bertz CT molecular complexity index is 1160. The number of rotatable bonds is 6. The van der Waals surface area contributed by atoms with Gasteiger partial charge in [0.25, 0.3) is 5.69 Å². The third-order valence-electron chi connectivity index (χ3n) is 5.75. The van der Waals surface area contributed by atoms with Crippen LogP contribution in [0.2, 0.25) is 28.3 Å². The van der Waals surface area contributed by atoms with Gasteiger partial charge in [0.05, 0.1) is 17.2 Å². The fourth-order valence-corrected chi connectivity index (χ4v) is 4.08. The second-order valence-electron chi connectivity index (χ2n) is 9.06. The smallest absolute Gasteiger partial charge is 0.270 e. The van der Waals surface area contributed by atoms with Crippen LogP contribution in [0, 0.1) is 10.1 Å². The van der Waals surface area contributed by atoms with Crippen LogP contribution in [0.4, 0.5) is 5.69 Å². The average Bonchev–Trinajstić information content (AvgIpc) is 2.72. The van der Waals surface area contributed by atoms with Crippen LogP contribution in [0.5, 0.6) is 0 Å². The molecule has 1 aromatic heterocycles. The highest BCUT2D eigenvalue weighted by molar-refractivity contribution is 6.74. The highest BCUT2D eigenvalue weighted by Gasteiger charge is 2.37. The first-order valence-electron chi connectivity index (χ1n) is 10.1. The van der Waals surface area contributed by atoms with Gasteiger partial charge in [0.2, 0.25) is 0 Å². The highest BCUT2D eigenvalue weighted by atomic mass is 35.5. The van der Waals surface area contributed by atoms with E-state index in [2.05, 4.69) is 43.8 Å². The predicted molar refractivity (Wildman–Crippen MR) is 132 cm³/mol. The quantitative estimate of drug-likeness (QED) is 0.154. The van der Waals surface area contributed by atoms with Crippen LogP contribution < -0.4 is 0 Å². The van der Waals surface area contributed by atoms with Gasteiger partial charge in [-0.05, 0) is 35.8 Å². The minimum Gasteiger partial charge on any atom is -0.413 e. The molecule has 2 aromatic carbocycles. The molecule has 1 heterocycles. The fourth-order valence-electron chi connectivity index (χ4n) is 2.77. The van der Waals surface area contributed by atoms with E-state index < -0.39 is 13.2 Å². The van der Waals surface area contributed by atoms with Crippen LogP contribution in [-0.4, -0.2) is 23.2 Å². The Morgan fingerprint density at radius 3 is 2.41 bits per heavy atom. The summed E-state index contributed by atoms with van der Waals surface area (Å²) in [5.41, 5.74) is 2.74. The van der Waals surface area contributed by atoms with E-state index in [0.29, 0.717) is 28.7 Å². The van der Waals surface area contributed by atoms with Gasteiger partial charge in [0.15, 0.2) is 14.1 Å². The molecule has 0 bridgehead atoms. The first-order chi connectivity index (χ1) is 14.9. The molecule has 3 aromatic rings. The maximum absolute atomic E-state index is 11.1. The van der Waals surface area contributed by atoms with E-state index in [-0.39, 0.29) is 15.9 Å². The Morgan fingerprint density at radius 2 is 1.75 bits per heavy atom. The third-order valence-corrected chi connectivity index (χ3v) is 10.8. The molecule has 0 N–H and O–H groups in total. The Kier molecular flexibility index (Phi) is 7.05. The number of hydrogen-bond acceptors (Lipinski definition) is 5. The summed E-state index contributed by atoms with van der Waals surface area (Å²) >= 11 is 12.7. The Hall–Kier alpha value is -2.32. The van der Waals surface area contributed by atoms with Crippen LogP contribution in [0.1, 0.15) is 26.3 Å². The SMILES string of the molecule is CC(C)(C)[Si](C)(C)OCc1cc(-c2cc(Cl)nc(-c3cccc([N+](=O)[O-])c3)n2)ccc1Cl. The monoisotopic (exact) mass is 489 g/mol. The molecule has 0 unspecified atom stereocenters. The Labute approximate surface area is 198 Å². The van der Waals surface area contributed by atoms with Crippen molar-refractivity contribution in [2.24, 2.45) is 0 Å². The van der Waals surface area contributed by atoms with Crippen LogP contribution in [-0.2, 0) is 11.0 Å². The molecule has 0 saturated carbocycles. The van der Waals surface area contributed by atoms with E-state index in [0.717, 1.165) is 11.1 Å². The zero-order valence-corrected chi connectivity index (χ0v) is 21.2. The Balaban J connectivity index is 1.96. The largest absolute Gasteiger partial charge is 0.413 e. The van der Waals surface area contributed by atoms with Crippen molar-refractivity contribution >= 4 is 37.2 Å². The van der Waals surface area contributed by atoms with Gasteiger partial charge in [0.1, 0.15) is 5.15 Å². The molecule has 32 heavy (non-hydrogen) atoms. The topological polar surface area (TPSA) is 78.2 Å². The molecular formula is C23H25Cl2N3O3Si. The zero-order chi connectivity index (χ0) is 23.7. The number of benzene rings is 2. The van der Waals surface area contributed by atoms with E-state index in [1.807, 2.05) is 18.2 Å². The molecule has 0 atom stereocenters. The molecule has 0 saturated heterocycles. The second-order valence-corrected chi connectivity index (χ2v) is 14.7. The van der Waals surface area contributed by atoms with Gasteiger partial charge in [0, 0.05) is 34.3 Å². The van der Waals surface area contributed by atoms with E-state index in [1.54, 1.807) is 18.2 Å². The standard InChI is InChI=1S/C23H25Cl2N3O3Si/c1-23(2,3)32(4,5)31-14-17-11-15(9-10-19(17)24)20-13-21(25)27-22(26-20)16-7-6-8-18(12-16)28(29)30/h6-13H,14H2,1-5H3. The molecule has 6 nitrogen and oxygen atoms in total. The van der Waals surface area contributed by atoms with Gasteiger partial charge in [-0.15, -0.1) is 0 Å². The lowest BCUT2D eigenvalue weighted by Crippen LogP contribution is -2.40. The Morgan fingerprint density at radius 1 is 1.03 bits per heavy atom. The maximum atomic E-state index is 11.1. The van der Waals surface area contributed by atoms with E-state index in [9.17, 15) is 10.1 Å². The molecular weight excluding hydrogens is 465 g/mol. The second kappa shape index (κ2) is 9.27. The fraction of sp³-hybridized carbons (Fsp3) is 0.304. The van der Waals surface area contributed by atoms with Crippen molar-refractivity contribution in [1.29, 1.82) is 0 Å². The molecule has 0 fully saturated rings. The summed E-state index contributed by atoms with van der Waals surface area (Å²) in [6, 6.07) is 13.4. The number of non-ortho nitro benzene ring substituents is 1. The first kappa shape index (κ1) is 24.3. The maximum Gasteiger partial charge on any atom is 0.270 e. The van der Waals surface area contributed by atoms with Crippen molar-refractivity contribution in [2.45, 2.75) is 45.5 Å². The van der Waals surface area contributed by atoms with Crippen LogP contribution >= 0.6 is 23.2 Å². The molecule has 0 aliphatic rings. The van der Waals surface area contributed by atoms with Crippen molar-refractivity contribution in [1.82, 2.24) is 9.97 Å². The number of nitrogens with zero attached hydrogens (tertiary/aromatic N) is 3. The third kappa shape index (κ3) is 5.53. The average molecular weight is 490 g/mol. The summed E-state index contributed by atoms with van der Waals surface area (Å²) in [5.74, 6) is 0.310.